The van der Waals surface area contributed by atoms with Crippen LogP contribution >= 0.6 is 0 Å². The maximum Gasteiger partial charge on any atom is 0.416 e. The smallest absolute Gasteiger partial charge is 0.416 e. The lowest BCUT2D eigenvalue weighted by molar-refractivity contribution is -0.137. The summed E-state index contributed by atoms with van der Waals surface area (Å²) in [6, 6.07) is 4.59. The number of benzene rings is 1. The normalized spacial score (nSPS) is 11.8. The fourth-order valence-electron chi connectivity index (χ4n) is 2.78. The van der Waals surface area contributed by atoms with Crippen LogP contribution < -0.4 is 20.7 Å². The molecular weight excluding hydrogens is 393 g/mol. The van der Waals surface area contributed by atoms with Gasteiger partial charge in [-0.15, -0.1) is 0 Å². The van der Waals surface area contributed by atoms with Gasteiger partial charge in [0.25, 0.3) is 11.6 Å². The molecule has 2 aromatic heterocycles. The van der Waals surface area contributed by atoms with E-state index in [-0.39, 0.29) is 30.4 Å². The zero-order chi connectivity index (χ0) is 21.3. The number of nitrogens with zero attached hydrogens (tertiary/aromatic N) is 4. The molecule has 3 rings (SSSR count). The number of hydrogen-bond donors (Lipinski definition) is 0. The Morgan fingerprint density at radius 1 is 0.931 bits per heavy atom. The van der Waals surface area contributed by atoms with E-state index in [1.807, 2.05) is 0 Å². The molecule has 0 radical (unpaired) electrons. The highest BCUT2D eigenvalue weighted by atomic mass is 19.4. The topological polar surface area (TPSA) is 80.3 Å². The first kappa shape index (κ1) is 20.5. The molecule has 8 nitrogen and oxygen atoms in total. The number of imidazole rings is 1. The summed E-state index contributed by atoms with van der Waals surface area (Å²) < 4.78 is 52.3. The van der Waals surface area contributed by atoms with Gasteiger partial charge in [-0.3, -0.25) is 18.5 Å². The van der Waals surface area contributed by atoms with Crippen molar-refractivity contribution in [1.82, 2.24) is 18.7 Å². The molecule has 0 aliphatic heterocycles. The van der Waals surface area contributed by atoms with Gasteiger partial charge in [0.15, 0.2) is 11.2 Å². The molecule has 0 N–H and O–H groups in total. The highest BCUT2D eigenvalue weighted by molar-refractivity contribution is 5.71. The van der Waals surface area contributed by atoms with Crippen LogP contribution in [0.3, 0.4) is 0 Å². The highest BCUT2D eigenvalue weighted by Gasteiger charge is 2.30. The summed E-state index contributed by atoms with van der Waals surface area (Å²) in [7, 11) is 4.50. The van der Waals surface area contributed by atoms with Crippen molar-refractivity contribution in [1.29, 1.82) is 0 Å². The predicted octanol–water partition coefficient (Wildman–Crippen LogP) is 1.84. The average molecular weight is 412 g/mol. The second-order valence-corrected chi connectivity index (χ2v) is 6.40. The first-order chi connectivity index (χ1) is 13.6. The van der Waals surface area contributed by atoms with E-state index in [4.69, 9.17) is 9.47 Å². The molecule has 0 bridgehead atoms. The molecule has 0 amide bonds. The zero-order valence-electron chi connectivity index (χ0n) is 16.0. The van der Waals surface area contributed by atoms with Gasteiger partial charge >= 0.3 is 11.9 Å². The molecule has 0 saturated carbocycles. The van der Waals surface area contributed by atoms with Gasteiger partial charge in [0, 0.05) is 27.6 Å². The Morgan fingerprint density at radius 2 is 1.55 bits per heavy atom. The van der Waals surface area contributed by atoms with Crippen LogP contribution in [0.25, 0.3) is 11.2 Å². The van der Waals surface area contributed by atoms with Crippen LogP contribution in [0.15, 0.2) is 33.9 Å². The molecule has 2 heterocycles. The Morgan fingerprint density at radius 3 is 2.17 bits per heavy atom. The third kappa shape index (κ3) is 3.98. The van der Waals surface area contributed by atoms with Crippen molar-refractivity contribution >= 4 is 11.2 Å². The highest BCUT2D eigenvalue weighted by Crippen LogP contribution is 2.30. The van der Waals surface area contributed by atoms with Crippen LogP contribution in [-0.4, -0.2) is 31.9 Å². The standard InChI is InChI=1S/C18H19F3N4O4/c1-23-13-14(24(2)17(27)25(3)15(13)26)22-16(23)29-10-4-9-28-12-7-5-11(6-8-12)18(19,20)21/h5-8H,4,9-10H2,1-3H3. The molecule has 0 saturated heterocycles. The van der Waals surface area contributed by atoms with E-state index < -0.39 is 23.0 Å². The molecule has 0 atom stereocenters. The molecular formula is C18H19F3N4O4. The van der Waals surface area contributed by atoms with Gasteiger partial charge in [-0.1, -0.05) is 0 Å². The van der Waals surface area contributed by atoms with E-state index in [9.17, 15) is 22.8 Å². The minimum atomic E-state index is -4.39. The third-order valence-electron chi connectivity index (χ3n) is 4.40. The Labute approximate surface area is 162 Å². The van der Waals surface area contributed by atoms with E-state index >= 15 is 0 Å². The summed E-state index contributed by atoms with van der Waals surface area (Å²) in [6.07, 6.45) is -3.95. The van der Waals surface area contributed by atoms with Gasteiger partial charge in [-0.25, -0.2) is 4.79 Å². The van der Waals surface area contributed by atoms with Crippen molar-refractivity contribution in [2.24, 2.45) is 21.1 Å². The average Bonchev–Trinajstić information content (AvgIpc) is 3.01. The second kappa shape index (κ2) is 7.64. The minimum Gasteiger partial charge on any atom is -0.493 e. The summed E-state index contributed by atoms with van der Waals surface area (Å²) >= 11 is 0. The quantitative estimate of drug-likeness (QED) is 0.578. The van der Waals surface area contributed by atoms with Crippen LogP contribution in [0.1, 0.15) is 12.0 Å². The molecule has 0 fully saturated rings. The molecule has 0 aliphatic carbocycles. The summed E-state index contributed by atoms with van der Waals surface area (Å²) in [4.78, 5) is 28.5. The monoisotopic (exact) mass is 412 g/mol. The van der Waals surface area contributed by atoms with Crippen molar-refractivity contribution < 1.29 is 22.6 Å². The van der Waals surface area contributed by atoms with Crippen molar-refractivity contribution in [3.05, 3.63) is 50.7 Å². The lowest BCUT2D eigenvalue weighted by Gasteiger charge is -2.09. The van der Waals surface area contributed by atoms with Gasteiger partial charge in [-0.05, 0) is 24.3 Å². The van der Waals surface area contributed by atoms with Crippen LogP contribution in [0.5, 0.6) is 11.8 Å². The number of rotatable bonds is 6. The SMILES string of the molecule is Cn1c(=O)c2c(nc(OCCCOc3ccc(C(F)(F)F)cc3)n2C)n(C)c1=O. The number of ether oxygens (including phenoxy) is 2. The number of aryl methyl sites for hydroxylation is 2. The number of alkyl halides is 3. The molecule has 0 unspecified atom stereocenters. The fraction of sp³-hybridized carbons (Fsp3) is 0.389. The Kier molecular flexibility index (Phi) is 5.40. The first-order valence-electron chi connectivity index (χ1n) is 8.66. The molecule has 156 valence electrons. The summed E-state index contributed by atoms with van der Waals surface area (Å²) in [6.45, 7) is 0.418. The Hall–Kier alpha value is -3.24. The molecule has 11 heteroatoms. The summed E-state index contributed by atoms with van der Waals surface area (Å²) in [5, 5.41) is 0. The maximum absolute atomic E-state index is 12.5. The molecule has 0 spiro atoms. The second-order valence-electron chi connectivity index (χ2n) is 6.40. The Bertz CT molecular complexity index is 1140. The summed E-state index contributed by atoms with van der Waals surface area (Å²) in [5.41, 5.74) is -1.24. The van der Waals surface area contributed by atoms with Crippen LogP contribution in [-0.2, 0) is 27.3 Å². The van der Waals surface area contributed by atoms with Gasteiger partial charge < -0.3 is 9.47 Å². The maximum atomic E-state index is 12.5. The van der Waals surface area contributed by atoms with E-state index in [1.54, 1.807) is 7.05 Å². The van der Waals surface area contributed by atoms with E-state index in [1.165, 1.54) is 35.4 Å². The van der Waals surface area contributed by atoms with Crippen molar-refractivity contribution in [2.75, 3.05) is 13.2 Å². The molecule has 29 heavy (non-hydrogen) atoms. The van der Waals surface area contributed by atoms with Gasteiger partial charge in [0.2, 0.25) is 0 Å². The van der Waals surface area contributed by atoms with Gasteiger partial charge in [-0.2, -0.15) is 18.2 Å². The van der Waals surface area contributed by atoms with Gasteiger partial charge in [0.05, 0.1) is 18.8 Å². The summed E-state index contributed by atoms with van der Waals surface area (Å²) in [5.74, 6) is 0.319. The van der Waals surface area contributed by atoms with E-state index in [2.05, 4.69) is 4.98 Å². The minimum absolute atomic E-state index is 0.174. The largest absolute Gasteiger partial charge is 0.493 e. The fourth-order valence-corrected chi connectivity index (χ4v) is 2.78. The Balaban J connectivity index is 1.60. The lowest BCUT2D eigenvalue weighted by Crippen LogP contribution is -2.37. The van der Waals surface area contributed by atoms with Gasteiger partial charge in [0.1, 0.15) is 5.75 Å². The van der Waals surface area contributed by atoms with E-state index in [0.29, 0.717) is 12.2 Å². The zero-order valence-corrected chi connectivity index (χ0v) is 16.0. The van der Waals surface area contributed by atoms with E-state index in [0.717, 1.165) is 16.7 Å². The third-order valence-corrected chi connectivity index (χ3v) is 4.40. The van der Waals surface area contributed by atoms with Crippen molar-refractivity contribution in [3.63, 3.8) is 0 Å². The number of halogens is 3. The van der Waals surface area contributed by atoms with Crippen LogP contribution in [0.2, 0.25) is 0 Å². The van der Waals surface area contributed by atoms with Crippen molar-refractivity contribution in [3.8, 4) is 11.8 Å². The number of aromatic nitrogens is 4. The van der Waals surface area contributed by atoms with Crippen LogP contribution in [0.4, 0.5) is 13.2 Å². The predicted molar refractivity (Wildman–Crippen MR) is 98.2 cm³/mol. The first-order valence-corrected chi connectivity index (χ1v) is 8.66. The number of hydrogen-bond acceptors (Lipinski definition) is 5. The van der Waals surface area contributed by atoms with Crippen LogP contribution in [0, 0.1) is 0 Å². The molecule has 0 aliphatic rings. The lowest BCUT2D eigenvalue weighted by atomic mass is 10.2. The molecule has 3 aromatic rings. The number of fused-ring (bicyclic) bond motifs is 1. The van der Waals surface area contributed by atoms with Crippen molar-refractivity contribution in [2.45, 2.75) is 12.6 Å². The molecule has 1 aromatic carbocycles.